The van der Waals surface area contributed by atoms with Gasteiger partial charge in [-0.05, 0) is 24.6 Å². The van der Waals surface area contributed by atoms with Gasteiger partial charge in [-0.1, -0.05) is 0 Å². The number of nitrogen functional groups attached to an aromatic ring is 1. The number of nitrogens with two attached hydrogens (primary N) is 2. The number of ether oxygens (including phenoxy) is 1. The Morgan fingerprint density at radius 1 is 1.24 bits per heavy atom. The highest BCUT2D eigenvalue weighted by Gasteiger charge is 2.37. The van der Waals surface area contributed by atoms with E-state index >= 15 is 0 Å². The minimum absolute atomic E-state index is 0.0484. The molecule has 0 bridgehead atoms. The predicted molar refractivity (Wildman–Crippen MR) is 119 cm³/mol. The van der Waals surface area contributed by atoms with E-state index in [4.69, 9.17) is 16.2 Å². The zero-order valence-corrected chi connectivity index (χ0v) is 18.0. The zero-order chi connectivity index (χ0) is 23.6. The van der Waals surface area contributed by atoms with Gasteiger partial charge >= 0.3 is 0 Å². The Morgan fingerprint density at radius 2 is 2.06 bits per heavy atom. The Hall–Kier alpha value is -3.41. The van der Waals surface area contributed by atoms with Crippen LogP contribution in [-0.2, 0) is 0 Å². The molecule has 1 fully saturated rings. The Balaban J connectivity index is 1.49. The Labute approximate surface area is 189 Å². The fraction of sp³-hybridized carbons (Fsp3) is 0.318. The number of halogens is 2. The van der Waals surface area contributed by atoms with Crippen LogP contribution in [0.5, 0.6) is 5.88 Å². The largest absolute Gasteiger partial charge is 0.481 e. The summed E-state index contributed by atoms with van der Waals surface area (Å²) in [6.45, 7) is 1.19. The van der Waals surface area contributed by atoms with Gasteiger partial charge < -0.3 is 26.2 Å². The van der Waals surface area contributed by atoms with Crippen LogP contribution in [0.1, 0.15) is 18.2 Å². The number of benzene rings is 1. The molecule has 0 saturated carbocycles. The number of hydrogen-bond donors (Lipinski definition) is 4. The van der Waals surface area contributed by atoms with Crippen molar-refractivity contribution in [2.24, 2.45) is 5.73 Å². The molecule has 0 radical (unpaired) electrons. The summed E-state index contributed by atoms with van der Waals surface area (Å²) in [5.41, 5.74) is 13.3. The summed E-state index contributed by atoms with van der Waals surface area (Å²) < 4.78 is 32.2. The van der Waals surface area contributed by atoms with E-state index in [-0.39, 0.29) is 12.1 Å². The van der Waals surface area contributed by atoms with Gasteiger partial charge in [0.1, 0.15) is 35.8 Å². The van der Waals surface area contributed by atoms with Crippen molar-refractivity contribution < 1.29 is 18.6 Å². The third kappa shape index (κ3) is 4.85. The van der Waals surface area contributed by atoms with Crippen LogP contribution in [0.2, 0.25) is 0 Å². The molecular formula is C22H25F2N7O2. The number of methoxy groups -OCH3 is 1. The smallest absolute Gasteiger partial charge is 0.212 e. The lowest BCUT2D eigenvalue weighted by molar-refractivity contribution is 0.126. The second-order valence-electron chi connectivity index (χ2n) is 8.03. The topological polar surface area (TPSA) is 135 Å². The first-order valence-electron chi connectivity index (χ1n) is 10.3. The molecule has 9 nitrogen and oxygen atoms in total. The molecule has 3 aromatic rings. The molecule has 1 aromatic carbocycles. The minimum atomic E-state index is -1.32. The summed E-state index contributed by atoms with van der Waals surface area (Å²) in [7, 11) is 1.54. The fourth-order valence-electron chi connectivity index (χ4n) is 3.91. The van der Waals surface area contributed by atoms with E-state index in [0.29, 0.717) is 42.6 Å². The standard InChI is InChI=1S/C22H25F2N7O2/c1-33-17-5-2-13(9-27-17)18-19(25)29-12-30-20(18)31-7-6-22(26,11-31)10-28-21(32)15-4-3-14(23)8-16(15)24/h2-5,8-9,12,21,28,32H,6-7,10-11,26H2,1H3,(H2,25,29,30). The van der Waals surface area contributed by atoms with Gasteiger partial charge in [0.05, 0.1) is 12.7 Å². The maximum atomic E-state index is 14.0. The molecule has 3 heterocycles. The lowest BCUT2D eigenvalue weighted by Gasteiger charge is -2.28. The van der Waals surface area contributed by atoms with Crippen LogP contribution in [0.3, 0.4) is 0 Å². The highest BCUT2D eigenvalue weighted by atomic mass is 19.1. The van der Waals surface area contributed by atoms with E-state index in [1.165, 1.54) is 19.5 Å². The molecule has 0 spiro atoms. The Morgan fingerprint density at radius 3 is 2.76 bits per heavy atom. The van der Waals surface area contributed by atoms with Crippen molar-refractivity contribution in [1.29, 1.82) is 0 Å². The monoisotopic (exact) mass is 457 g/mol. The molecule has 174 valence electrons. The van der Waals surface area contributed by atoms with Gasteiger partial charge in [0.25, 0.3) is 0 Å². The van der Waals surface area contributed by atoms with Crippen molar-refractivity contribution in [2.45, 2.75) is 18.2 Å². The second-order valence-corrected chi connectivity index (χ2v) is 8.03. The SMILES string of the molecule is COc1ccc(-c2c(N)ncnc2N2CCC(N)(CNC(O)c3ccc(F)cc3F)C2)cn1. The van der Waals surface area contributed by atoms with Crippen molar-refractivity contribution in [3.05, 3.63) is 60.1 Å². The maximum Gasteiger partial charge on any atom is 0.212 e. The van der Waals surface area contributed by atoms with Crippen LogP contribution in [0, 0.1) is 11.6 Å². The van der Waals surface area contributed by atoms with Crippen molar-refractivity contribution >= 4 is 11.6 Å². The quantitative estimate of drug-likeness (QED) is 0.390. The third-order valence-corrected chi connectivity index (χ3v) is 5.68. The average molecular weight is 457 g/mol. The molecule has 33 heavy (non-hydrogen) atoms. The van der Waals surface area contributed by atoms with E-state index in [2.05, 4.69) is 20.3 Å². The fourth-order valence-corrected chi connectivity index (χ4v) is 3.91. The Bertz CT molecular complexity index is 1130. The Kier molecular flexibility index (Phi) is 6.36. The molecule has 1 saturated heterocycles. The van der Waals surface area contributed by atoms with Gasteiger partial charge in [-0.3, -0.25) is 5.32 Å². The molecule has 2 unspecified atom stereocenters. The van der Waals surface area contributed by atoms with Gasteiger partial charge in [0, 0.05) is 54.6 Å². The number of hydrogen-bond acceptors (Lipinski definition) is 9. The molecule has 0 amide bonds. The molecule has 1 aliphatic rings. The lowest BCUT2D eigenvalue weighted by atomic mass is 10.00. The lowest BCUT2D eigenvalue weighted by Crippen LogP contribution is -2.51. The maximum absolute atomic E-state index is 14.0. The van der Waals surface area contributed by atoms with Crippen molar-refractivity contribution in [3.63, 3.8) is 0 Å². The number of pyridine rings is 1. The van der Waals surface area contributed by atoms with Crippen molar-refractivity contribution in [2.75, 3.05) is 37.4 Å². The van der Waals surface area contributed by atoms with Gasteiger partial charge in [-0.25, -0.2) is 23.7 Å². The molecule has 1 aliphatic heterocycles. The molecule has 2 aromatic heterocycles. The number of aliphatic hydroxyl groups is 1. The van der Waals surface area contributed by atoms with Gasteiger partial charge in [-0.15, -0.1) is 0 Å². The van der Waals surface area contributed by atoms with E-state index in [9.17, 15) is 13.9 Å². The first-order chi connectivity index (χ1) is 15.8. The van der Waals surface area contributed by atoms with Crippen LogP contribution in [0.25, 0.3) is 11.1 Å². The zero-order valence-electron chi connectivity index (χ0n) is 18.0. The minimum Gasteiger partial charge on any atom is -0.481 e. The van der Waals surface area contributed by atoms with Gasteiger partial charge in [-0.2, -0.15) is 0 Å². The first-order valence-corrected chi connectivity index (χ1v) is 10.3. The summed E-state index contributed by atoms with van der Waals surface area (Å²) in [5.74, 6) is -0.144. The summed E-state index contributed by atoms with van der Waals surface area (Å²) >= 11 is 0. The number of aliphatic hydroxyl groups excluding tert-OH is 1. The molecule has 2 atom stereocenters. The molecular weight excluding hydrogens is 432 g/mol. The van der Waals surface area contributed by atoms with E-state index < -0.39 is 23.4 Å². The molecule has 4 rings (SSSR count). The molecule has 0 aliphatic carbocycles. The number of aromatic nitrogens is 3. The van der Waals surface area contributed by atoms with Crippen LogP contribution in [-0.4, -0.2) is 52.3 Å². The summed E-state index contributed by atoms with van der Waals surface area (Å²) in [4.78, 5) is 14.8. The highest BCUT2D eigenvalue weighted by Crippen LogP contribution is 2.36. The van der Waals surface area contributed by atoms with Crippen molar-refractivity contribution in [3.8, 4) is 17.0 Å². The predicted octanol–water partition coefficient (Wildman–Crippen LogP) is 1.60. The summed E-state index contributed by atoms with van der Waals surface area (Å²) in [5, 5.41) is 13.2. The normalized spacial score (nSPS) is 19.0. The number of nitrogens with zero attached hydrogens (tertiary/aromatic N) is 4. The van der Waals surface area contributed by atoms with E-state index in [0.717, 1.165) is 17.7 Å². The van der Waals surface area contributed by atoms with Crippen LogP contribution in [0.15, 0.2) is 42.9 Å². The second kappa shape index (κ2) is 9.22. The third-order valence-electron chi connectivity index (χ3n) is 5.68. The first kappa shape index (κ1) is 22.8. The van der Waals surface area contributed by atoms with Gasteiger partial charge in [0.2, 0.25) is 5.88 Å². The number of anilines is 2. The molecule has 11 heteroatoms. The number of nitrogens with one attached hydrogen (secondary N) is 1. The van der Waals surface area contributed by atoms with Crippen LogP contribution in [0.4, 0.5) is 20.4 Å². The molecule has 6 N–H and O–H groups in total. The summed E-state index contributed by atoms with van der Waals surface area (Å²) in [6.07, 6.45) is 2.29. The number of rotatable bonds is 7. The van der Waals surface area contributed by atoms with E-state index in [1.807, 2.05) is 11.0 Å². The van der Waals surface area contributed by atoms with Crippen LogP contribution < -0.4 is 26.4 Å². The van der Waals surface area contributed by atoms with E-state index in [1.54, 1.807) is 12.3 Å². The average Bonchev–Trinajstić information content (AvgIpc) is 3.20. The van der Waals surface area contributed by atoms with Crippen LogP contribution >= 0.6 is 0 Å². The highest BCUT2D eigenvalue weighted by molar-refractivity contribution is 5.83. The van der Waals surface area contributed by atoms with Gasteiger partial charge in [0.15, 0.2) is 0 Å². The van der Waals surface area contributed by atoms with Crippen molar-refractivity contribution in [1.82, 2.24) is 20.3 Å². The summed E-state index contributed by atoms with van der Waals surface area (Å²) in [6, 6.07) is 6.57.